The Labute approximate surface area is 193 Å². The Morgan fingerprint density at radius 2 is 1.97 bits per heavy atom. The molecule has 4 rings (SSSR count). The fourth-order valence-electron chi connectivity index (χ4n) is 7.21. The fraction of sp³-hybridized carbons (Fsp3) is 0.708. The number of ketones is 2. The van der Waals surface area contributed by atoms with E-state index in [1.165, 1.54) is 0 Å². The predicted octanol–water partition coefficient (Wildman–Crippen LogP) is 4.13. The molecule has 0 heterocycles. The van der Waals surface area contributed by atoms with Crippen LogP contribution in [0.3, 0.4) is 0 Å². The maximum Gasteiger partial charge on any atom is 0.306 e. The summed E-state index contributed by atoms with van der Waals surface area (Å²) in [4.78, 5) is 36.6. The van der Waals surface area contributed by atoms with Crippen molar-refractivity contribution in [2.75, 3.05) is 6.61 Å². The number of halogens is 2. The number of esters is 1. The van der Waals surface area contributed by atoms with E-state index in [0.29, 0.717) is 19.3 Å². The molecule has 0 spiro atoms. The molecule has 0 aromatic heterocycles. The zero-order valence-electron chi connectivity index (χ0n) is 18.2. The van der Waals surface area contributed by atoms with Gasteiger partial charge in [0.1, 0.15) is 6.61 Å². The van der Waals surface area contributed by atoms with Gasteiger partial charge in [-0.1, -0.05) is 32.4 Å². The summed E-state index contributed by atoms with van der Waals surface area (Å²) in [6.45, 7) is 5.03. The predicted molar refractivity (Wildman–Crippen MR) is 118 cm³/mol. The van der Waals surface area contributed by atoms with E-state index in [1.807, 2.05) is 13.0 Å². The highest BCUT2D eigenvalue weighted by atomic mass is 35.5. The van der Waals surface area contributed by atoms with Gasteiger partial charge in [-0.15, -0.1) is 23.2 Å². The summed E-state index contributed by atoms with van der Waals surface area (Å²) in [5, 5.41) is 9.25. The van der Waals surface area contributed by atoms with E-state index in [9.17, 15) is 19.5 Å². The Kier molecular flexibility index (Phi) is 5.51. The Hall–Kier alpha value is -1.17. The average Bonchev–Trinajstić information content (AvgIpc) is 3.01. The number of aliphatic hydroxyl groups is 1. The highest BCUT2D eigenvalue weighted by molar-refractivity contribution is 6.34. The molecule has 1 unspecified atom stereocenters. The second-order valence-corrected chi connectivity index (χ2v) is 11.1. The highest BCUT2D eigenvalue weighted by Crippen LogP contribution is 2.72. The fourth-order valence-corrected chi connectivity index (χ4v) is 8.44. The van der Waals surface area contributed by atoms with Crippen LogP contribution in [-0.2, 0) is 19.1 Å². The van der Waals surface area contributed by atoms with Crippen molar-refractivity contribution in [3.05, 3.63) is 23.8 Å². The van der Waals surface area contributed by atoms with Gasteiger partial charge in [-0.25, -0.2) is 0 Å². The molecule has 3 saturated carbocycles. The average molecular weight is 469 g/mol. The summed E-state index contributed by atoms with van der Waals surface area (Å²) in [7, 11) is 0. The number of carbonyl (C=O) groups excluding carboxylic acids is 3. The molecular formula is C24H30Cl2O5. The van der Waals surface area contributed by atoms with Crippen LogP contribution in [0.5, 0.6) is 0 Å². The molecule has 7 heteroatoms. The first-order valence-electron chi connectivity index (χ1n) is 11.1. The quantitative estimate of drug-likeness (QED) is 0.495. The van der Waals surface area contributed by atoms with E-state index in [2.05, 4.69) is 6.92 Å². The maximum absolute atomic E-state index is 13.1. The first kappa shape index (κ1) is 23.0. The molecule has 1 N–H and O–H groups in total. The van der Waals surface area contributed by atoms with Crippen LogP contribution in [0.1, 0.15) is 59.3 Å². The normalized spacial score (nSPS) is 45.9. The minimum Gasteiger partial charge on any atom is -0.450 e. The number of allylic oxidation sites excluding steroid dienone is 4. The topological polar surface area (TPSA) is 80.7 Å². The van der Waals surface area contributed by atoms with Crippen molar-refractivity contribution < 1.29 is 24.2 Å². The van der Waals surface area contributed by atoms with Crippen LogP contribution in [0.4, 0.5) is 0 Å². The van der Waals surface area contributed by atoms with Gasteiger partial charge in [-0.2, -0.15) is 0 Å². The SMILES string of the molecule is CCC(=O)O[C@]1(C(=O)CO)CC[C@H]2[C@@H]3CCC4=CC(=O)C=C[C@]4(C)[C@@]3(Cl)C(Cl)C[C@@]21C. The number of ether oxygens (including phenoxy) is 1. The summed E-state index contributed by atoms with van der Waals surface area (Å²) in [5.74, 6) is -0.963. The monoisotopic (exact) mass is 468 g/mol. The highest BCUT2D eigenvalue weighted by Gasteiger charge is 2.74. The molecule has 31 heavy (non-hydrogen) atoms. The zero-order valence-corrected chi connectivity index (χ0v) is 19.8. The van der Waals surface area contributed by atoms with Crippen LogP contribution >= 0.6 is 23.2 Å². The van der Waals surface area contributed by atoms with Gasteiger partial charge in [0.15, 0.2) is 11.4 Å². The summed E-state index contributed by atoms with van der Waals surface area (Å²) in [6.07, 6.45) is 8.21. The van der Waals surface area contributed by atoms with Crippen molar-refractivity contribution in [3.63, 3.8) is 0 Å². The molecule has 0 saturated heterocycles. The second kappa shape index (κ2) is 7.43. The Bertz CT molecular complexity index is 896. The minimum atomic E-state index is -1.39. The molecular weight excluding hydrogens is 439 g/mol. The van der Waals surface area contributed by atoms with Gasteiger partial charge in [-0.3, -0.25) is 14.4 Å². The van der Waals surface area contributed by atoms with Crippen LogP contribution in [0, 0.1) is 22.7 Å². The first-order chi connectivity index (χ1) is 14.5. The molecule has 4 aliphatic carbocycles. The van der Waals surface area contributed by atoms with E-state index in [4.69, 9.17) is 27.9 Å². The van der Waals surface area contributed by atoms with E-state index >= 15 is 0 Å². The molecule has 4 aliphatic rings. The van der Waals surface area contributed by atoms with Crippen LogP contribution in [0.15, 0.2) is 23.8 Å². The lowest BCUT2D eigenvalue weighted by molar-refractivity contribution is -0.189. The molecule has 170 valence electrons. The van der Waals surface area contributed by atoms with Gasteiger partial charge in [0.25, 0.3) is 0 Å². The second-order valence-electron chi connectivity index (χ2n) is 9.99. The van der Waals surface area contributed by atoms with Crippen molar-refractivity contribution in [3.8, 4) is 0 Å². The van der Waals surface area contributed by atoms with E-state index in [-0.39, 0.29) is 24.0 Å². The number of aliphatic hydroxyl groups excluding tert-OH is 1. The van der Waals surface area contributed by atoms with Gasteiger partial charge < -0.3 is 9.84 Å². The Morgan fingerprint density at radius 3 is 2.61 bits per heavy atom. The van der Waals surface area contributed by atoms with Crippen molar-refractivity contribution in [2.45, 2.75) is 75.1 Å². The third kappa shape index (κ3) is 2.82. The number of rotatable bonds is 4. The van der Waals surface area contributed by atoms with Gasteiger partial charge >= 0.3 is 5.97 Å². The summed E-state index contributed by atoms with van der Waals surface area (Å²) >= 11 is 14.6. The van der Waals surface area contributed by atoms with Crippen LogP contribution in [-0.4, -0.2) is 45.1 Å². The molecule has 0 amide bonds. The molecule has 0 aliphatic heterocycles. The van der Waals surface area contributed by atoms with Gasteiger partial charge in [-0.05, 0) is 56.1 Å². The number of Topliss-reactive ketones (excluding diaryl/α,β-unsaturated/α-hetero) is 1. The lowest BCUT2D eigenvalue weighted by atomic mass is 9.46. The summed E-state index contributed by atoms with van der Waals surface area (Å²) in [5.41, 5.74) is -1.67. The van der Waals surface area contributed by atoms with E-state index < -0.39 is 45.0 Å². The van der Waals surface area contributed by atoms with E-state index in [0.717, 1.165) is 18.4 Å². The van der Waals surface area contributed by atoms with Crippen molar-refractivity contribution >= 4 is 40.7 Å². The lowest BCUT2D eigenvalue weighted by Gasteiger charge is -2.64. The number of carbonyl (C=O) groups is 3. The van der Waals surface area contributed by atoms with Crippen molar-refractivity contribution in [1.29, 1.82) is 0 Å². The van der Waals surface area contributed by atoms with Crippen LogP contribution < -0.4 is 0 Å². The molecule has 3 fully saturated rings. The van der Waals surface area contributed by atoms with Crippen molar-refractivity contribution in [2.24, 2.45) is 22.7 Å². The largest absolute Gasteiger partial charge is 0.450 e. The number of fused-ring (bicyclic) bond motifs is 5. The Morgan fingerprint density at radius 1 is 1.26 bits per heavy atom. The first-order valence-corrected chi connectivity index (χ1v) is 11.9. The number of hydrogen-bond acceptors (Lipinski definition) is 5. The molecule has 0 radical (unpaired) electrons. The molecule has 0 bridgehead atoms. The van der Waals surface area contributed by atoms with Crippen LogP contribution in [0.2, 0.25) is 0 Å². The standard InChI is InChI=1S/C24H30Cl2O5/c1-4-20(30)31-23(19(29)13-27)10-8-16-17-6-5-14-11-15(28)7-9-21(14,2)24(17,26)18(25)12-22(16,23)3/h7,9,11,16-18,27H,4-6,8,10,12-13H2,1-3H3/t16-,17-,18?,21-,22-,23-,24-/m0/s1. The summed E-state index contributed by atoms with van der Waals surface area (Å²) in [6, 6.07) is 0. The summed E-state index contributed by atoms with van der Waals surface area (Å²) < 4.78 is 5.86. The van der Waals surface area contributed by atoms with Gasteiger partial charge in [0.2, 0.25) is 5.78 Å². The third-order valence-electron chi connectivity index (χ3n) is 8.89. The van der Waals surface area contributed by atoms with E-state index in [1.54, 1.807) is 19.1 Å². The minimum absolute atomic E-state index is 0.00422. The number of hydrogen-bond donors (Lipinski definition) is 1. The van der Waals surface area contributed by atoms with Crippen molar-refractivity contribution in [1.82, 2.24) is 0 Å². The number of alkyl halides is 2. The molecule has 0 aromatic rings. The molecule has 0 aromatic carbocycles. The molecule has 7 atom stereocenters. The zero-order chi connectivity index (χ0) is 22.8. The van der Waals surface area contributed by atoms with Gasteiger partial charge in [0, 0.05) is 17.3 Å². The van der Waals surface area contributed by atoms with Crippen LogP contribution in [0.25, 0.3) is 0 Å². The molecule has 5 nitrogen and oxygen atoms in total. The maximum atomic E-state index is 13.1. The smallest absolute Gasteiger partial charge is 0.306 e. The third-order valence-corrected chi connectivity index (χ3v) is 10.4. The lowest BCUT2D eigenvalue weighted by Crippen LogP contribution is -2.68. The Balaban J connectivity index is 1.81. The van der Waals surface area contributed by atoms with Gasteiger partial charge in [0.05, 0.1) is 10.3 Å².